The molecule has 68 valence electrons. The number of tetrazole rings is 1. The number of hydrogen-bond acceptors (Lipinski definition) is 5. The first-order valence-corrected chi connectivity index (χ1v) is 4.89. The van der Waals surface area contributed by atoms with Crippen LogP contribution in [-0.2, 0) is 0 Å². The number of aromatic amines is 1. The molecule has 0 amide bonds. The van der Waals surface area contributed by atoms with E-state index in [-0.39, 0.29) is 6.61 Å². The number of aromatic nitrogens is 4. The number of nitrogens with zero attached hydrogens (tertiary/aromatic N) is 3. The van der Waals surface area contributed by atoms with E-state index in [1.807, 2.05) is 0 Å². The third kappa shape index (κ3) is 3.68. The maximum atomic E-state index is 8.50. The summed E-state index contributed by atoms with van der Waals surface area (Å²) in [7, 11) is 0. The lowest BCUT2D eigenvalue weighted by Gasteiger charge is -1.95. The predicted octanol–water partition coefficient (Wildman–Crippen LogP) is 0.454. The second kappa shape index (κ2) is 5.96. The van der Waals surface area contributed by atoms with Gasteiger partial charge in [-0.2, -0.15) is 5.21 Å². The van der Waals surface area contributed by atoms with Crippen molar-refractivity contribution < 1.29 is 5.11 Å². The van der Waals surface area contributed by atoms with Gasteiger partial charge < -0.3 is 5.11 Å². The van der Waals surface area contributed by atoms with Gasteiger partial charge in [0.05, 0.1) is 0 Å². The Labute approximate surface area is 74.9 Å². The van der Waals surface area contributed by atoms with Gasteiger partial charge >= 0.3 is 0 Å². The van der Waals surface area contributed by atoms with Crippen LogP contribution in [0.2, 0.25) is 0 Å². The molecule has 0 saturated heterocycles. The zero-order valence-electron chi connectivity index (χ0n) is 6.73. The van der Waals surface area contributed by atoms with Gasteiger partial charge in [-0.15, -0.1) is 10.2 Å². The average molecular weight is 188 g/mol. The Bertz CT molecular complexity index is 191. The molecule has 0 fully saturated rings. The number of thioether (sulfide) groups is 1. The van der Waals surface area contributed by atoms with Crippen molar-refractivity contribution in [2.45, 2.75) is 24.4 Å². The van der Waals surface area contributed by atoms with Crippen LogP contribution >= 0.6 is 11.8 Å². The molecule has 0 saturated carbocycles. The van der Waals surface area contributed by atoms with Crippen LogP contribution in [-0.4, -0.2) is 38.1 Å². The highest BCUT2D eigenvalue weighted by atomic mass is 32.2. The highest BCUT2D eigenvalue weighted by Gasteiger charge is 1.97. The van der Waals surface area contributed by atoms with Crippen molar-refractivity contribution in [3.63, 3.8) is 0 Å². The molecule has 0 aliphatic rings. The van der Waals surface area contributed by atoms with Crippen molar-refractivity contribution in [3.05, 3.63) is 0 Å². The number of H-pyrrole nitrogens is 1. The molecule has 0 spiro atoms. The smallest absolute Gasteiger partial charge is 0.230 e. The minimum atomic E-state index is 0.285. The van der Waals surface area contributed by atoms with Crippen molar-refractivity contribution in [1.82, 2.24) is 20.6 Å². The highest BCUT2D eigenvalue weighted by Crippen LogP contribution is 2.12. The van der Waals surface area contributed by atoms with Gasteiger partial charge in [0.15, 0.2) is 0 Å². The zero-order chi connectivity index (χ0) is 8.65. The Balaban J connectivity index is 1.96. The summed E-state index contributed by atoms with van der Waals surface area (Å²) in [6, 6.07) is 0. The molecule has 0 aromatic carbocycles. The molecule has 5 nitrogen and oxygen atoms in total. The third-order valence-electron chi connectivity index (χ3n) is 1.36. The van der Waals surface area contributed by atoms with Crippen molar-refractivity contribution in [1.29, 1.82) is 0 Å². The van der Waals surface area contributed by atoms with Crippen molar-refractivity contribution in [3.8, 4) is 0 Å². The van der Waals surface area contributed by atoms with Crippen molar-refractivity contribution >= 4 is 11.8 Å². The maximum absolute atomic E-state index is 8.50. The van der Waals surface area contributed by atoms with Crippen LogP contribution in [0.15, 0.2) is 5.16 Å². The van der Waals surface area contributed by atoms with E-state index in [0.717, 1.165) is 25.0 Å². The minimum absolute atomic E-state index is 0.285. The van der Waals surface area contributed by atoms with Crippen LogP contribution in [0.3, 0.4) is 0 Å². The molecule has 0 radical (unpaired) electrons. The van der Waals surface area contributed by atoms with E-state index in [0.29, 0.717) is 5.16 Å². The fourth-order valence-electron chi connectivity index (χ4n) is 0.768. The number of hydrogen-bond donors (Lipinski definition) is 2. The average Bonchev–Trinajstić information content (AvgIpc) is 2.57. The first kappa shape index (κ1) is 9.47. The van der Waals surface area contributed by atoms with Crippen LogP contribution < -0.4 is 0 Å². The number of aliphatic hydroxyl groups excluding tert-OH is 1. The molecule has 0 bridgehead atoms. The van der Waals surface area contributed by atoms with E-state index in [1.165, 1.54) is 0 Å². The van der Waals surface area contributed by atoms with Gasteiger partial charge in [-0.05, 0) is 18.1 Å². The SMILES string of the molecule is OCCCCCSc1nn[nH]n1. The maximum Gasteiger partial charge on any atom is 0.230 e. The fraction of sp³-hybridized carbons (Fsp3) is 0.833. The van der Waals surface area contributed by atoms with Crippen molar-refractivity contribution in [2.24, 2.45) is 0 Å². The van der Waals surface area contributed by atoms with E-state index in [4.69, 9.17) is 5.11 Å². The van der Waals surface area contributed by atoms with Gasteiger partial charge in [0.25, 0.3) is 0 Å². The Morgan fingerprint density at radius 1 is 1.33 bits per heavy atom. The van der Waals surface area contributed by atoms with Gasteiger partial charge in [-0.25, -0.2) is 0 Å². The van der Waals surface area contributed by atoms with Gasteiger partial charge in [0.1, 0.15) is 0 Å². The third-order valence-corrected chi connectivity index (χ3v) is 2.28. The highest BCUT2D eigenvalue weighted by molar-refractivity contribution is 7.99. The summed E-state index contributed by atoms with van der Waals surface area (Å²) in [6.07, 6.45) is 3.02. The Kier molecular flexibility index (Phi) is 4.70. The predicted molar refractivity (Wildman–Crippen MR) is 45.8 cm³/mol. The molecular formula is C6H12N4OS. The number of rotatable bonds is 6. The lowest BCUT2D eigenvalue weighted by atomic mass is 10.3. The van der Waals surface area contributed by atoms with E-state index in [2.05, 4.69) is 20.6 Å². The molecule has 0 atom stereocenters. The van der Waals surface area contributed by atoms with Crippen LogP contribution in [0.1, 0.15) is 19.3 Å². The summed E-state index contributed by atoms with van der Waals surface area (Å²) < 4.78 is 0. The molecule has 0 aliphatic heterocycles. The van der Waals surface area contributed by atoms with Gasteiger partial charge in [-0.3, -0.25) is 0 Å². The fourth-order valence-corrected chi connectivity index (χ4v) is 1.50. The Morgan fingerprint density at radius 2 is 2.25 bits per heavy atom. The number of nitrogens with one attached hydrogen (secondary N) is 1. The lowest BCUT2D eigenvalue weighted by Crippen LogP contribution is -1.86. The number of unbranched alkanes of at least 4 members (excludes halogenated alkanes) is 2. The molecule has 12 heavy (non-hydrogen) atoms. The second-order valence-corrected chi connectivity index (χ2v) is 3.39. The number of aliphatic hydroxyl groups is 1. The Hall–Kier alpha value is -0.620. The lowest BCUT2D eigenvalue weighted by molar-refractivity contribution is 0.284. The van der Waals surface area contributed by atoms with Crippen LogP contribution in [0, 0.1) is 0 Å². The minimum Gasteiger partial charge on any atom is -0.396 e. The van der Waals surface area contributed by atoms with Gasteiger partial charge in [0, 0.05) is 12.4 Å². The van der Waals surface area contributed by atoms with E-state index >= 15 is 0 Å². The van der Waals surface area contributed by atoms with E-state index in [1.54, 1.807) is 11.8 Å². The first-order chi connectivity index (χ1) is 5.93. The molecule has 1 rings (SSSR count). The molecule has 1 aromatic rings. The molecule has 2 N–H and O–H groups in total. The standard InChI is InChI=1S/C6H12N4OS/c11-4-2-1-3-5-12-6-7-9-10-8-6/h11H,1-5H2,(H,7,8,9,10). The second-order valence-electron chi connectivity index (χ2n) is 2.33. The molecule has 1 heterocycles. The quantitative estimate of drug-likeness (QED) is 0.501. The largest absolute Gasteiger partial charge is 0.396 e. The zero-order valence-corrected chi connectivity index (χ0v) is 7.55. The van der Waals surface area contributed by atoms with Crippen LogP contribution in [0.4, 0.5) is 0 Å². The molecule has 6 heteroatoms. The summed E-state index contributed by atoms with van der Waals surface area (Å²) in [5.41, 5.74) is 0. The molecule has 1 aromatic heterocycles. The van der Waals surface area contributed by atoms with E-state index < -0.39 is 0 Å². The first-order valence-electron chi connectivity index (χ1n) is 3.90. The molecular weight excluding hydrogens is 176 g/mol. The summed E-state index contributed by atoms with van der Waals surface area (Å²) in [5, 5.41) is 22.6. The van der Waals surface area contributed by atoms with Gasteiger partial charge in [-0.1, -0.05) is 18.2 Å². The topological polar surface area (TPSA) is 74.7 Å². The normalized spacial score (nSPS) is 10.4. The summed E-state index contributed by atoms with van der Waals surface area (Å²) in [5.74, 6) is 0.986. The molecule has 0 aliphatic carbocycles. The summed E-state index contributed by atoms with van der Waals surface area (Å²) in [4.78, 5) is 0. The molecule has 0 unspecified atom stereocenters. The summed E-state index contributed by atoms with van der Waals surface area (Å²) >= 11 is 1.58. The van der Waals surface area contributed by atoms with Crippen LogP contribution in [0.5, 0.6) is 0 Å². The monoisotopic (exact) mass is 188 g/mol. The Morgan fingerprint density at radius 3 is 2.92 bits per heavy atom. The van der Waals surface area contributed by atoms with Crippen LogP contribution in [0.25, 0.3) is 0 Å². The van der Waals surface area contributed by atoms with Gasteiger partial charge in [0.2, 0.25) is 5.16 Å². The van der Waals surface area contributed by atoms with E-state index in [9.17, 15) is 0 Å². The summed E-state index contributed by atoms with van der Waals surface area (Å²) in [6.45, 7) is 0.285. The van der Waals surface area contributed by atoms with Crippen molar-refractivity contribution in [2.75, 3.05) is 12.4 Å².